The molecule has 1 saturated carbocycles. The lowest BCUT2D eigenvalue weighted by Gasteiger charge is -2.29. The van der Waals surface area contributed by atoms with Crippen LogP contribution in [0.4, 0.5) is 0 Å². The topological polar surface area (TPSA) is 12.0 Å². The highest BCUT2D eigenvalue weighted by Crippen LogP contribution is 2.24. The van der Waals surface area contributed by atoms with Gasteiger partial charge >= 0.3 is 0 Å². The Morgan fingerprint density at radius 2 is 2.13 bits per heavy atom. The van der Waals surface area contributed by atoms with E-state index < -0.39 is 0 Å². The average molecular weight is 207 g/mol. The lowest BCUT2D eigenvalue weighted by molar-refractivity contribution is 0.282. The Morgan fingerprint density at radius 3 is 2.87 bits per heavy atom. The van der Waals surface area contributed by atoms with Crippen molar-refractivity contribution < 1.29 is 0 Å². The molecule has 0 aromatic rings. The van der Waals surface area contributed by atoms with Crippen molar-refractivity contribution in [2.24, 2.45) is 5.92 Å². The quantitative estimate of drug-likeness (QED) is 0.694. The fourth-order valence-corrected chi connectivity index (χ4v) is 3.00. The van der Waals surface area contributed by atoms with Crippen molar-refractivity contribution in [3.63, 3.8) is 0 Å². The summed E-state index contributed by atoms with van der Waals surface area (Å²) >= 11 is 0. The zero-order chi connectivity index (χ0) is 10.5. The minimum atomic E-state index is 0.806. The molecule has 0 aromatic carbocycles. The first-order valence-electron chi connectivity index (χ1n) is 6.77. The summed E-state index contributed by atoms with van der Waals surface area (Å²) < 4.78 is 0. The Balaban J connectivity index is 1.63. The van der Waals surface area contributed by atoms with Crippen LogP contribution in [0.15, 0.2) is 11.6 Å². The molecule has 1 fully saturated rings. The van der Waals surface area contributed by atoms with Gasteiger partial charge in [-0.3, -0.25) is 0 Å². The average Bonchev–Trinajstić information content (AvgIpc) is 2.74. The maximum atomic E-state index is 3.76. The van der Waals surface area contributed by atoms with Crippen LogP contribution in [0.2, 0.25) is 0 Å². The van der Waals surface area contributed by atoms with Gasteiger partial charge in [-0.1, -0.05) is 31.4 Å². The van der Waals surface area contributed by atoms with Gasteiger partial charge < -0.3 is 5.32 Å². The zero-order valence-electron chi connectivity index (χ0n) is 10.1. The molecule has 2 unspecified atom stereocenters. The third-order valence-electron chi connectivity index (χ3n) is 4.10. The Morgan fingerprint density at radius 1 is 1.27 bits per heavy atom. The maximum absolute atomic E-state index is 3.76. The number of hydrogen-bond acceptors (Lipinski definition) is 1. The van der Waals surface area contributed by atoms with Gasteiger partial charge in [0.1, 0.15) is 0 Å². The third kappa shape index (κ3) is 3.34. The number of allylic oxidation sites excluding steroid dienone is 1. The molecule has 0 aliphatic heterocycles. The van der Waals surface area contributed by atoms with E-state index in [1.165, 1.54) is 57.9 Å². The van der Waals surface area contributed by atoms with Gasteiger partial charge in [0.2, 0.25) is 0 Å². The molecule has 86 valence electrons. The van der Waals surface area contributed by atoms with E-state index in [0.29, 0.717) is 0 Å². The molecule has 0 heterocycles. The fourth-order valence-electron chi connectivity index (χ4n) is 3.00. The van der Waals surface area contributed by atoms with Crippen LogP contribution in [0.5, 0.6) is 0 Å². The van der Waals surface area contributed by atoms with E-state index in [1.807, 2.05) is 0 Å². The highest BCUT2D eigenvalue weighted by Gasteiger charge is 2.20. The predicted octanol–water partition coefficient (Wildman–Crippen LogP) is 3.66. The molecule has 15 heavy (non-hydrogen) atoms. The molecule has 2 aliphatic rings. The van der Waals surface area contributed by atoms with Crippen LogP contribution in [0.1, 0.15) is 58.3 Å². The molecule has 1 nitrogen and oxygen atoms in total. The molecule has 0 spiro atoms. The van der Waals surface area contributed by atoms with Crippen molar-refractivity contribution in [3.05, 3.63) is 11.6 Å². The van der Waals surface area contributed by atoms with E-state index in [-0.39, 0.29) is 0 Å². The fraction of sp³-hybridized carbons (Fsp3) is 0.857. The smallest absolute Gasteiger partial charge is 0.00928 e. The monoisotopic (exact) mass is 207 g/mol. The summed E-state index contributed by atoms with van der Waals surface area (Å²) in [6.07, 6.45) is 13.6. The predicted molar refractivity (Wildman–Crippen MR) is 66.0 cm³/mol. The second kappa shape index (κ2) is 5.69. The first-order chi connectivity index (χ1) is 7.36. The normalized spacial score (nSPS) is 31.7. The van der Waals surface area contributed by atoms with Gasteiger partial charge in [-0.05, 0) is 51.0 Å². The van der Waals surface area contributed by atoms with Gasteiger partial charge in [0, 0.05) is 6.04 Å². The standard InChI is InChI=1S/C14H25N/c1-12-6-2-5-9-14(12)15-11-10-13-7-3-4-8-13/h7,12,14-15H,2-6,8-11H2,1H3. The number of nitrogens with one attached hydrogen (secondary N) is 1. The maximum Gasteiger partial charge on any atom is 0.00928 e. The lowest BCUT2D eigenvalue weighted by atomic mass is 9.86. The van der Waals surface area contributed by atoms with Gasteiger partial charge in [0.05, 0.1) is 0 Å². The SMILES string of the molecule is CC1CCCCC1NCCC1=CCCC1. The third-order valence-corrected chi connectivity index (χ3v) is 4.10. The summed E-state index contributed by atoms with van der Waals surface area (Å²) in [5.41, 5.74) is 1.70. The minimum Gasteiger partial charge on any atom is -0.313 e. The van der Waals surface area contributed by atoms with E-state index in [0.717, 1.165) is 12.0 Å². The lowest BCUT2D eigenvalue weighted by Crippen LogP contribution is -2.37. The first kappa shape index (κ1) is 11.2. The van der Waals surface area contributed by atoms with Crippen molar-refractivity contribution in [2.75, 3.05) is 6.54 Å². The Kier molecular flexibility index (Phi) is 4.25. The number of rotatable bonds is 4. The van der Waals surface area contributed by atoms with Gasteiger partial charge in [0.25, 0.3) is 0 Å². The molecule has 0 aromatic heterocycles. The summed E-state index contributed by atoms with van der Waals surface area (Å²) in [4.78, 5) is 0. The molecule has 2 atom stereocenters. The van der Waals surface area contributed by atoms with Crippen LogP contribution in [0.25, 0.3) is 0 Å². The van der Waals surface area contributed by atoms with E-state index >= 15 is 0 Å². The molecule has 1 N–H and O–H groups in total. The van der Waals surface area contributed by atoms with Crippen molar-refractivity contribution in [1.29, 1.82) is 0 Å². The van der Waals surface area contributed by atoms with Crippen molar-refractivity contribution >= 4 is 0 Å². The van der Waals surface area contributed by atoms with Gasteiger partial charge in [-0.2, -0.15) is 0 Å². The van der Waals surface area contributed by atoms with E-state index in [1.54, 1.807) is 5.57 Å². The molecule has 2 rings (SSSR count). The summed E-state index contributed by atoms with van der Waals surface area (Å²) in [7, 11) is 0. The molecular formula is C14H25N. The second-order valence-corrected chi connectivity index (χ2v) is 5.33. The largest absolute Gasteiger partial charge is 0.313 e. The van der Waals surface area contributed by atoms with Crippen molar-refractivity contribution in [3.8, 4) is 0 Å². The van der Waals surface area contributed by atoms with E-state index in [2.05, 4.69) is 18.3 Å². The number of hydrogen-bond donors (Lipinski definition) is 1. The summed E-state index contributed by atoms with van der Waals surface area (Å²) in [5.74, 6) is 0.899. The molecule has 0 radical (unpaired) electrons. The van der Waals surface area contributed by atoms with Crippen LogP contribution in [-0.2, 0) is 0 Å². The van der Waals surface area contributed by atoms with Crippen LogP contribution in [0.3, 0.4) is 0 Å². The van der Waals surface area contributed by atoms with Crippen molar-refractivity contribution in [1.82, 2.24) is 5.32 Å². The van der Waals surface area contributed by atoms with Crippen LogP contribution >= 0.6 is 0 Å². The Bertz CT molecular complexity index is 219. The van der Waals surface area contributed by atoms with E-state index in [4.69, 9.17) is 0 Å². The van der Waals surface area contributed by atoms with E-state index in [9.17, 15) is 0 Å². The van der Waals surface area contributed by atoms with Gasteiger partial charge in [0.15, 0.2) is 0 Å². The van der Waals surface area contributed by atoms with Crippen LogP contribution in [0, 0.1) is 5.92 Å². The molecular weight excluding hydrogens is 182 g/mol. The highest BCUT2D eigenvalue weighted by molar-refractivity contribution is 5.07. The zero-order valence-corrected chi connectivity index (χ0v) is 10.1. The minimum absolute atomic E-state index is 0.806. The molecule has 1 heteroatoms. The van der Waals surface area contributed by atoms with Gasteiger partial charge in [-0.25, -0.2) is 0 Å². The highest BCUT2D eigenvalue weighted by atomic mass is 14.9. The van der Waals surface area contributed by atoms with Crippen molar-refractivity contribution in [2.45, 2.75) is 64.3 Å². The molecule has 0 bridgehead atoms. The summed E-state index contributed by atoms with van der Waals surface area (Å²) in [5, 5.41) is 3.76. The molecule has 0 amide bonds. The summed E-state index contributed by atoms with van der Waals surface area (Å²) in [6, 6.07) is 0.806. The molecule has 0 saturated heterocycles. The Hall–Kier alpha value is -0.300. The van der Waals surface area contributed by atoms with Gasteiger partial charge in [-0.15, -0.1) is 0 Å². The first-order valence-corrected chi connectivity index (χ1v) is 6.77. The Labute approximate surface area is 94.3 Å². The van der Waals surface area contributed by atoms with Crippen LogP contribution in [-0.4, -0.2) is 12.6 Å². The van der Waals surface area contributed by atoms with Crippen LogP contribution < -0.4 is 5.32 Å². The summed E-state index contributed by atoms with van der Waals surface area (Å²) in [6.45, 7) is 3.62. The second-order valence-electron chi connectivity index (χ2n) is 5.33. The molecule has 2 aliphatic carbocycles.